The number of nitrogens with one attached hydrogen (secondary N) is 1. The van der Waals surface area contributed by atoms with Crippen LogP contribution in [0.2, 0.25) is 0 Å². The molecule has 1 atom stereocenters. The molecule has 2 N–H and O–H groups in total. The van der Waals surface area contributed by atoms with Gasteiger partial charge < -0.3 is 20.1 Å². The maximum atomic E-state index is 13.5. The molecule has 0 aromatic heterocycles. The second-order valence-corrected chi connectivity index (χ2v) is 8.61. The van der Waals surface area contributed by atoms with E-state index in [1.807, 2.05) is 67.5 Å². The number of hydrogen-bond donors (Lipinski definition) is 2. The van der Waals surface area contributed by atoms with Crippen LogP contribution in [-0.4, -0.2) is 37.7 Å². The number of phenols is 1. The lowest BCUT2D eigenvalue weighted by Crippen LogP contribution is -2.21. The van der Waals surface area contributed by atoms with Gasteiger partial charge in [-0.3, -0.25) is 9.59 Å². The van der Waals surface area contributed by atoms with Gasteiger partial charge in [-0.15, -0.1) is 0 Å². The molecular weight excluding hydrogens is 428 g/mol. The van der Waals surface area contributed by atoms with Crippen molar-refractivity contribution >= 4 is 34.0 Å². The summed E-state index contributed by atoms with van der Waals surface area (Å²) in [4.78, 5) is 27.1. The zero-order chi connectivity index (χ0) is 24.5. The summed E-state index contributed by atoms with van der Waals surface area (Å²) in [6, 6.07) is 18.9. The van der Waals surface area contributed by atoms with Gasteiger partial charge >= 0.3 is 5.97 Å². The molecule has 34 heavy (non-hydrogen) atoms. The van der Waals surface area contributed by atoms with Gasteiger partial charge in [-0.2, -0.15) is 0 Å². The number of fused-ring (bicyclic) bond motifs is 1. The Morgan fingerprint density at radius 1 is 0.941 bits per heavy atom. The van der Waals surface area contributed by atoms with Crippen molar-refractivity contribution in [1.29, 1.82) is 0 Å². The largest absolute Gasteiger partial charge is 0.507 e. The van der Waals surface area contributed by atoms with Crippen molar-refractivity contribution in [2.75, 3.05) is 30.9 Å². The highest BCUT2D eigenvalue weighted by atomic mass is 16.5. The smallest absolute Gasteiger partial charge is 0.305 e. The Labute approximate surface area is 201 Å². The van der Waals surface area contributed by atoms with Gasteiger partial charge in [0.2, 0.25) is 5.91 Å². The first-order valence-electron chi connectivity index (χ1n) is 11.8. The van der Waals surface area contributed by atoms with Gasteiger partial charge in [0.1, 0.15) is 5.75 Å². The monoisotopic (exact) mass is 462 g/mol. The van der Waals surface area contributed by atoms with Crippen LogP contribution in [0.1, 0.15) is 50.5 Å². The normalized spacial score (nSPS) is 11.7. The molecule has 0 aliphatic rings. The maximum Gasteiger partial charge on any atom is 0.305 e. The first-order valence-corrected chi connectivity index (χ1v) is 11.8. The Balaban J connectivity index is 1.75. The number of carbonyl (C=O) groups excluding carboxylic acids is 2. The number of nitrogens with zero attached hydrogens (tertiary/aromatic N) is 1. The van der Waals surface area contributed by atoms with Crippen molar-refractivity contribution in [2.24, 2.45) is 0 Å². The lowest BCUT2D eigenvalue weighted by atomic mass is 9.91. The fourth-order valence-electron chi connectivity index (χ4n) is 4.10. The summed E-state index contributed by atoms with van der Waals surface area (Å²) in [5.41, 5.74) is 2.70. The quantitative estimate of drug-likeness (QED) is 0.276. The van der Waals surface area contributed by atoms with Crippen LogP contribution in [0.15, 0.2) is 60.7 Å². The number of unbranched alkanes of at least 4 members (excludes halogenated alkanes) is 2. The molecule has 0 saturated heterocycles. The molecule has 3 rings (SSSR count). The van der Waals surface area contributed by atoms with Crippen LogP contribution in [0.25, 0.3) is 10.8 Å². The minimum absolute atomic E-state index is 0.0844. The molecule has 0 fully saturated rings. The minimum atomic E-state index is -0.327. The number of benzene rings is 3. The summed E-state index contributed by atoms with van der Waals surface area (Å²) >= 11 is 0. The molecular formula is C28H34N2O4. The van der Waals surface area contributed by atoms with Crippen molar-refractivity contribution < 1.29 is 19.4 Å². The Morgan fingerprint density at radius 2 is 1.65 bits per heavy atom. The third-order valence-electron chi connectivity index (χ3n) is 5.96. The molecule has 0 spiro atoms. The second kappa shape index (κ2) is 12.1. The van der Waals surface area contributed by atoms with Crippen molar-refractivity contribution in [3.63, 3.8) is 0 Å². The van der Waals surface area contributed by atoms with E-state index >= 15 is 0 Å². The van der Waals surface area contributed by atoms with E-state index in [9.17, 15) is 14.7 Å². The average molecular weight is 463 g/mol. The fraction of sp³-hybridized carbons (Fsp3) is 0.357. The van der Waals surface area contributed by atoms with Gasteiger partial charge in [0, 0.05) is 42.7 Å². The first kappa shape index (κ1) is 25.1. The van der Waals surface area contributed by atoms with Gasteiger partial charge in [-0.05, 0) is 49.6 Å². The predicted octanol–water partition coefficient (Wildman–Crippen LogP) is 5.85. The average Bonchev–Trinajstić information content (AvgIpc) is 2.82. The number of aromatic hydroxyl groups is 1. The Bertz CT molecular complexity index is 1110. The molecule has 3 aromatic carbocycles. The third-order valence-corrected chi connectivity index (χ3v) is 5.96. The zero-order valence-corrected chi connectivity index (χ0v) is 20.2. The number of phenolic OH excluding ortho intramolecular Hbond substituents is 1. The molecule has 0 bridgehead atoms. The van der Waals surface area contributed by atoms with Crippen molar-refractivity contribution in [1.82, 2.24) is 0 Å². The van der Waals surface area contributed by atoms with Gasteiger partial charge in [0.25, 0.3) is 0 Å². The molecule has 180 valence electrons. The van der Waals surface area contributed by atoms with Crippen molar-refractivity contribution in [2.45, 2.75) is 44.9 Å². The van der Waals surface area contributed by atoms with Crippen LogP contribution < -0.4 is 10.2 Å². The van der Waals surface area contributed by atoms with E-state index in [2.05, 4.69) is 5.32 Å². The van der Waals surface area contributed by atoms with Crippen LogP contribution in [0.5, 0.6) is 5.75 Å². The van der Waals surface area contributed by atoms with E-state index in [0.717, 1.165) is 35.9 Å². The number of hydrogen-bond acceptors (Lipinski definition) is 5. The SMILES string of the molecule is CCOC(=O)CCCCC[C@H](C(=O)Nc1cccc2c(O)cccc12)c1ccc(N(C)C)cc1. The molecule has 1 amide bonds. The van der Waals surface area contributed by atoms with Crippen molar-refractivity contribution in [3.05, 3.63) is 66.2 Å². The topological polar surface area (TPSA) is 78.9 Å². The number of rotatable bonds is 11. The first-order chi connectivity index (χ1) is 16.4. The molecule has 0 saturated carbocycles. The van der Waals surface area contributed by atoms with Gasteiger partial charge in [0.05, 0.1) is 12.5 Å². The highest BCUT2D eigenvalue weighted by Crippen LogP contribution is 2.32. The Morgan fingerprint density at radius 3 is 2.35 bits per heavy atom. The summed E-state index contributed by atoms with van der Waals surface area (Å²) in [5, 5.41) is 14.8. The molecule has 0 aliphatic carbocycles. The molecule has 0 aliphatic heterocycles. The van der Waals surface area contributed by atoms with Gasteiger partial charge in [-0.25, -0.2) is 0 Å². The number of amides is 1. The van der Waals surface area contributed by atoms with E-state index < -0.39 is 0 Å². The number of carbonyl (C=O) groups is 2. The maximum absolute atomic E-state index is 13.5. The van der Waals surface area contributed by atoms with Gasteiger partial charge in [0.15, 0.2) is 0 Å². The molecule has 6 heteroatoms. The Hall–Kier alpha value is -3.54. The summed E-state index contributed by atoms with van der Waals surface area (Å²) in [5.74, 6) is -0.397. The summed E-state index contributed by atoms with van der Waals surface area (Å²) in [6.45, 7) is 2.20. The van der Waals surface area contributed by atoms with Crippen molar-refractivity contribution in [3.8, 4) is 5.75 Å². The van der Waals surface area contributed by atoms with Crippen LogP contribution >= 0.6 is 0 Å². The zero-order valence-electron chi connectivity index (χ0n) is 20.2. The highest BCUT2D eigenvalue weighted by molar-refractivity contribution is 6.05. The van der Waals surface area contributed by atoms with E-state index in [-0.39, 0.29) is 23.5 Å². The Kier molecular flexibility index (Phi) is 8.91. The highest BCUT2D eigenvalue weighted by Gasteiger charge is 2.21. The van der Waals surface area contributed by atoms with E-state index in [0.29, 0.717) is 30.5 Å². The summed E-state index contributed by atoms with van der Waals surface area (Å²) < 4.78 is 4.99. The van der Waals surface area contributed by atoms with E-state index in [1.54, 1.807) is 19.1 Å². The van der Waals surface area contributed by atoms with Gasteiger partial charge in [-0.1, -0.05) is 49.2 Å². The predicted molar refractivity (Wildman–Crippen MR) is 137 cm³/mol. The van der Waals surface area contributed by atoms with E-state index in [4.69, 9.17) is 4.74 Å². The fourth-order valence-corrected chi connectivity index (χ4v) is 4.10. The minimum Gasteiger partial charge on any atom is -0.507 e. The molecule has 0 radical (unpaired) electrons. The third kappa shape index (κ3) is 6.50. The lowest BCUT2D eigenvalue weighted by molar-refractivity contribution is -0.143. The van der Waals surface area contributed by atoms with Crippen LogP contribution in [-0.2, 0) is 14.3 Å². The molecule has 0 unspecified atom stereocenters. The summed E-state index contributed by atoms with van der Waals surface area (Å²) in [7, 11) is 3.97. The van der Waals surface area contributed by atoms with Crippen LogP contribution in [0, 0.1) is 0 Å². The number of anilines is 2. The molecule has 0 heterocycles. The second-order valence-electron chi connectivity index (χ2n) is 8.61. The number of ether oxygens (including phenoxy) is 1. The lowest BCUT2D eigenvalue weighted by Gasteiger charge is -2.20. The molecule has 3 aromatic rings. The summed E-state index contributed by atoms with van der Waals surface area (Å²) in [6.07, 6.45) is 3.49. The van der Waals surface area contributed by atoms with Crippen LogP contribution in [0.3, 0.4) is 0 Å². The number of esters is 1. The standard InChI is InChI=1S/C28H34N2O4/c1-4-34-27(32)15-7-5-6-10-22(20-16-18-21(19-17-20)30(2)3)28(33)29-25-13-8-12-24-23(25)11-9-14-26(24)31/h8-9,11-14,16-19,22,31H,4-7,10,15H2,1-3H3,(H,29,33)/t22-/m0/s1. The molecule has 6 nitrogen and oxygen atoms in total. The van der Waals surface area contributed by atoms with E-state index in [1.165, 1.54) is 0 Å². The van der Waals surface area contributed by atoms with Crippen LogP contribution in [0.4, 0.5) is 11.4 Å².